The third-order valence-corrected chi connectivity index (χ3v) is 2.80. The molecule has 1 unspecified atom stereocenters. The Morgan fingerprint density at radius 3 is 2.64 bits per heavy atom. The molecule has 0 aromatic carbocycles. The van der Waals surface area contributed by atoms with Crippen molar-refractivity contribution in [2.45, 2.75) is 12.8 Å². The van der Waals surface area contributed by atoms with Gasteiger partial charge in [-0.3, -0.25) is 4.48 Å². The summed E-state index contributed by atoms with van der Waals surface area (Å²) in [7, 11) is 0. The number of nitrogens with zero attached hydrogens (tertiary/aromatic N) is 2. The first-order valence-corrected chi connectivity index (χ1v) is 5.40. The van der Waals surface area contributed by atoms with Crippen LogP contribution in [-0.2, 0) is 0 Å². The minimum absolute atomic E-state index is 0. The number of hydrogen-bond acceptors (Lipinski definition) is 2. The molecule has 0 aromatic rings. The van der Waals surface area contributed by atoms with Crippen LogP contribution in [0.4, 0.5) is 0 Å². The minimum atomic E-state index is 0. The van der Waals surface area contributed by atoms with Gasteiger partial charge in [-0.25, -0.2) is 4.99 Å². The Labute approximate surface area is 96.8 Å². The number of aliphatic hydroxyl groups excluding tert-OH is 1. The summed E-state index contributed by atoms with van der Waals surface area (Å²) in [6.07, 6.45) is 4.17. The van der Waals surface area contributed by atoms with Gasteiger partial charge in [-0.15, -0.1) is 11.6 Å². The van der Waals surface area contributed by atoms with Crippen LogP contribution in [-0.4, -0.2) is 54.6 Å². The van der Waals surface area contributed by atoms with E-state index in [9.17, 15) is 0 Å². The molecule has 1 heterocycles. The van der Waals surface area contributed by atoms with Gasteiger partial charge >= 0.3 is 0 Å². The summed E-state index contributed by atoms with van der Waals surface area (Å²) in [6.45, 7) is 4.05. The van der Waals surface area contributed by atoms with Crippen molar-refractivity contribution in [3.8, 4) is 0 Å². The molecular weight excluding hydrogens is 223 g/mol. The number of hydrogen-bond donors (Lipinski definition) is 1. The standard InChI is InChI=1S/C9H18ClN2O.ClH/c10-3-1-2-5-12(7-8-13)6-4-11-9-12;/h9,13H,1-8H2;1H/q+1;/p-1. The molecule has 0 saturated carbocycles. The first-order chi connectivity index (χ1) is 6.33. The highest BCUT2D eigenvalue weighted by Gasteiger charge is 2.27. The summed E-state index contributed by atoms with van der Waals surface area (Å²) >= 11 is 5.62. The summed E-state index contributed by atoms with van der Waals surface area (Å²) < 4.78 is 0.855. The zero-order valence-corrected chi connectivity index (χ0v) is 9.84. The van der Waals surface area contributed by atoms with Gasteiger partial charge in [-0.1, -0.05) is 0 Å². The molecule has 0 radical (unpaired) electrons. The van der Waals surface area contributed by atoms with Crippen LogP contribution < -0.4 is 12.4 Å². The van der Waals surface area contributed by atoms with Crippen molar-refractivity contribution in [2.24, 2.45) is 4.99 Å². The number of halogens is 2. The Hall–Kier alpha value is 0.170. The molecule has 1 aliphatic heterocycles. The molecule has 0 bridgehead atoms. The molecule has 1 rings (SSSR count). The molecular formula is C9H18Cl2N2O. The van der Waals surface area contributed by atoms with Crippen molar-refractivity contribution in [3.63, 3.8) is 0 Å². The molecule has 0 aliphatic carbocycles. The van der Waals surface area contributed by atoms with Crippen molar-refractivity contribution in [2.75, 3.05) is 38.7 Å². The minimum Gasteiger partial charge on any atom is -1.00 e. The number of alkyl halides is 1. The quantitative estimate of drug-likeness (QED) is 0.321. The van der Waals surface area contributed by atoms with Gasteiger partial charge in [0.05, 0.1) is 19.7 Å². The zero-order valence-electron chi connectivity index (χ0n) is 8.33. The van der Waals surface area contributed by atoms with Crippen LogP contribution in [0.25, 0.3) is 0 Å². The third-order valence-electron chi connectivity index (χ3n) is 2.53. The highest BCUT2D eigenvalue weighted by atomic mass is 35.5. The largest absolute Gasteiger partial charge is 1.00 e. The van der Waals surface area contributed by atoms with Crippen molar-refractivity contribution in [3.05, 3.63) is 0 Å². The van der Waals surface area contributed by atoms with Crippen molar-refractivity contribution >= 4 is 17.9 Å². The molecule has 0 fully saturated rings. The van der Waals surface area contributed by atoms with Crippen LogP contribution in [0.3, 0.4) is 0 Å². The zero-order chi connectivity index (χ0) is 9.57. The Kier molecular flexibility index (Phi) is 7.55. The number of aliphatic hydroxyl groups is 1. The Bertz CT molecular complexity index is 178. The molecule has 0 saturated heterocycles. The first kappa shape index (κ1) is 14.2. The summed E-state index contributed by atoms with van der Waals surface area (Å²) in [5, 5.41) is 8.95. The second kappa shape index (κ2) is 7.46. The molecule has 3 nitrogen and oxygen atoms in total. The van der Waals surface area contributed by atoms with E-state index in [1.54, 1.807) is 0 Å². The average Bonchev–Trinajstić information content (AvgIpc) is 2.55. The second-order valence-corrected chi connectivity index (χ2v) is 3.91. The normalized spacial score (nSPS) is 25.0. The maximum absolute atomic E-state index is 8.95. The van der Waals surface area contributed by atoms with Gasteiger partial charge in [0.1, 0.15) is 13.1 Å². The van der Waals surface area contributed by atoms with E-state index in [0.29, 0.717) is 0 Å². The SMILES string of the molecule is OCC[N+]1(CCCCCl)C=NCC1.[Cl-]. The molecule has 14 heavy (non-hydrogen) atoms. The Morgan fingerprint density at radius 2 is 2.14 bits per heavy atom. The molecule has 5 heteroatoms. The summed E-state index contributed by atoms with van der Waals surface area (Å²) in [5.41, 5.74) is 0. The number of aliphatic imine (C=N–C) groups is 1. The Morgan fingerprint density at radius 1 is 1.36 bits per heavy atom. The topological polar surface area (TPSA) is 32.6 Å². The molecule has 0 spiro atoms. The fraction of sp³-hybridized carbons (Fsp3) is 0.889. The van der Waals surface area contributed by atoms with Gasteiger partial charge in [0, 0.05) is 5.88 Å². The van der Waals surface area contributed by atoms with E-state index in [4.69, 9.17) is 16.7 Å². The van der Waals surface area contributed by atoms with Gasteiger partial charge in [0.25, 0.3) is 0 Å². The molecule has 1 aliphatic rings. The van der Waals surface area contributed by atoms with Gasteiger partial charge in [0.15, 0.2) is 6.34 Å². The number of unbranched alkanes of at least 4 members (excludes halogenated alkanes) is 1. The summed E-state index contributed by atoms with van der Waals surface area (Å²) in [5.74, 6) is 0.732. The van der Waals surface area contributed by atoms with E-state index in [0.717, 1.165) is 49.4 Å². The van der Waals surface area contributed by atoms with Crippen LogP contribution in [0.5, 0.6) is 0 Å². The molecule has 84 valence electrons. The highest BCUT2D eigenvalue weighted by molar-refractivity contribution is 6.17. The number of quaternary nitrogens is 1. The maximum Gasteiger partial charge on any atom is 0.185 e. The summed E-state index contributed by atoms with van der Waals surface area (Å²) in [6, 6.07) is 0. The van der Waals surface area contributed by atoms with Crippen LogP contribution >= 0.6 is 11.6 Å². The first-order valence-electron chi connectivity index (χ1n) is 4.86. The fourth-order valence-corrected chi connectivity index (χ4v) is 1.91. The Balaban J connectivity index is 0.00000169. The van der Waals surface area contributed by atoms with E-state index in [1.165, 1.54) is 0 Å². The fourth-order valence-electron chi connectivity index (χ4n) is 1.72. The van der Waals surface area contributed by atoms with Crippen LogP contribution in [0.15, 0.2) is 4.99 Å². The molecule has 1 N–H and O–H groups in total. The van der Waals surface area contributed by atoms with Crippen molar-refractivity contribution in [1.82, 2.24) is 0 Å². The second-order valence-electron chi connectivity index (χ2n) is 3.53. The average molecular weight is 241 g/mol. The smallest absolute Gasteiger partial charge is 0.185 e. The van der Waals surface area contributed by atoms with E-state index < -0.39 is 0 Å². The van der Waals surface area contributed by atoms with Gasteiger partial charge in [-0.2, -0.15) is 0 Å². The number of rotatable bonds is 6. The van der Waals surface area contributed by atoms with E-state index >= 15 is 0 Å². The van der Waals surface area contributed by atoms with Crippen LogP contribution in [0.1, 0.15) is 12.8 Å². The lowest BCUT2D eigenvalue weighted by Gasteiger charge is -2.29. The lowest BCUT2D eigenvalue weighted by Crippen LogP contribution is -3.00. The third kappa shape index (κ3) is 4.13. The van der Waals surface area contributed by atoms with Crippen molar-refractivity contribution < 1.29 is 22.0 Å². The molecule has 0 amide bonds. The van der Waals surface area contributed by atoms with Gasteiger partial charge in [0.2, 0.25) is 0 Å². The van der Waals surface area contributed by atoms with Gasteiger partial charge in [-0.05, 0) is 12.8 Å². The van der Waals surface area contributed by atoms with Gasteiger partial charge < -0.3 is 17.5 Å². The van der Waals surface area contributed by atoms with E-state index in [-0.39, 0.29) is 19.0 Å². The predicted molar refractivity (Wildman–Crippen MR) is 55.3 cm³/mol. The van der Waals surface area contributed by atoms with Crippen LogP contribution in [0.2, 0.25) is 0 Å². The maximum atomic E-state index is 8.95. The summed E-state index contributed by atoms with van der Waals surface area (Å²) in [4.78, 5) is 4.24. The van der Waals surface area contributed by atoms with Crippen molar-refractivity contribution in [1.29, 1.82) is 0 Å². The lowest BCUT2D eigenvalue weighted by atomic mass is 10.2. The molecule has 0 aromatic heterocycles. The van der Waals surface area contributed by atoms with Crippen LogP contribution in [0, 0.1) is 0 Å². The predicted octanol–water partition coefficient (Wildman–Crippen LogP) is -2.14. The molecule has 1 atom stereocenters. The lowest BCUT2D eigenvalue weighted by molar-refractivity contribution is -0.829. The van der Waals surface area contributed by atoms with E-state index in [2.05, 4.69) is 4.99 Å². The highest BCUT2D eigenvalue weighted by Crippen LogP contribution is 2.11. The van der Waals surface area contributed by atoms with E-state index in [1.807, 2.05) is 6.34 Å². The monoisotopic (exact) mass is 240 g/mol.